The lowest BCUT2D eigenvalue weighted by atomic mass is 10.1. The molecule has 2 rings (SSSR count). The fourth-order valence-electron chi connectivity index (χ4n) is 2.57. The highest BCUT2D eigenvalue weighted by Gasteiger charge is 2.18. The first kappa shape index (κ1) is 14.7. The second-order valence-corrected chi connectivity index (χ2v) is 8.02. The molecule has 0 bridgehead atoms. The Labute approximate surface area is 123 Å². The van der Waals surface area contributed by atoms with Crippen LogP contribution in [0.1, 0.15) is 56.8 Å². The minimum atomic E-state index is 0.291. The lowest BCUT2D eigenvalue weighted by Gasteiger charge is -2.19. The van der Waals surface area contributed by atoms with Gasteiger partial charge in [0.1, 0.15) is 0 Å². The predicted molar refractivity (Wildman–Crippen MR) is 85.3 cm³/mol. The highest BCUT2D eigenvalue weighted by atomic mass is 32.1. The largest absolute Gasteiger partial charge is 0.302 e. The zero-order valence-electron chi connectivity index (χ0n) is 12.5. The van der Waals surface area contributed by atoms with Gasteiger partial charge in [0.15, 0.2) is 0 Å². The van der Waals surface area contributed by atoms with E-state index in [4.69, 9.17) is 0 Å². The summed E-state index contributed by atoms with van der Waals surface area (Å²) in [6.45, 7) is 13.0. The van der Waals surface area contributed by atoms with Gasteiger partial charge in [0.05, 0.1) is 10.7 Å². The van der Waals surface area contributed by atoms with Crippen LogP contribution < -0.4 is 5.32 Å². The van der Waals surface area contributed by atoms with Crippen LogP contribution in [-0.2, 0) is 0 Å². The van der Waals surface area contributed by atoms with Gasteiger partial charge in [0.25, 0.3) is 0 Å². The zero-order chi connectivity index (χ0) is 14.2. The second kappa shape index (κ2) is 5.73. The Hall–Kier alpha value is -0.710. The monoisotopic (exact) mass is 294 g/mol. The average molecular weight is 294 g/mol. The van der Waals surface area contributed by atoms with Gasteiger partial charge < -0.3 is 5.32 Å². The molecule has 19 heavy (non-hydrogen) atoms. The zero-order valence-corrected chi connectivity index (χ0v) is 14.1. The minimum absolute atomic E-state index is 0.291. The van der Waals surface area contributed by atoms with E-state index in [0.29, 0.717) is 12.1 Å². The van der Waals surface area contributed by atoms with E-state index in [2.05, 4.69) is 57.9 Å². The minimum Gasteiger partial charge on any atom is -0.302 e. The van der Waals surface area contributed by atoms with Gasteiger partial charge in [0.2, 0.25) is 0 Å². The third-order valence-electron chi connectivity index (χ3n) is 3.40. The molecule has 0 fully saturated rings. The molecule has 0 spiro atoms. The predicted octanol–water partition coefficient (Wildman–Crippen LogP) is 4.85. The summed E-state index contributed by atoms with van der Waals surface area (Å²) in [6.07, 6.45) is 0. The smallest absolute Gasteiger partial charge is 0.0900 e. The summed E-state index contributed by atoms with van der Waals surface area (Å²) in [4.78, 5) is 8.76. The topological polar surface area (TPSA) is 24.9 Å². The van der Waals surface area contributed by atoms with E-state index in [9.17, 15) is 0 Å². The third kappa shape index (κ3) is 3.25. The number of hydrogen-bond acceptors (Lipinski definition) is 4. The SMILES string of the molecule is Cc1cc(C(C)NC(C)c2nc(C)sc2C)c(C)s1. The molecule has 2 atom stereocenters. The summed E-state index contributed by atoms with van der Waals surface area (Å²) in [5.74, 6) is 0. The van der Waals surface area contributed by atoms with Crippen LogP contribution in [0.4, 0.5) is 0 Å². The van der Waals surface area contributed by atoms with Gasteiger partial charge in [-0.05, 0) is 53.2 Å². The maximum Gasteiger partial charge on any atom is 0.0900 e. The standard InChI is InChI=1S/C15H22N2S2/c1-8-7-14(11(4)18-8)9(2)16-10(3)15-12(5)19-13(6)17-15/h7,9-10,16H,1-6H3. The van der Waals surface area contributed by atoms with Gasteiger partial charge in [-0.15, -0.1) is 22.7 Å². The molecule has 4 heteroatoms. The summed E-state index contributed by atoms with van der Waals surface area (Å²) in [5, 5.41) is 4.82. The number of aromatic nitrogens is 1. The summed E-state index contributed by atoms with van der Waals surface area (Å²) >= 11 is 3.65. The van der Waals surface area contributed by atoms with Crippen molar-refractivity contribution in [1.82, 2.24) is 10.3 Å². The molecule has 1 N–H and O–H groups in total. The van der Waals surface area contributed by atoms with Crippen molar-refractivity contribution in [2.75, 3.05) is 0 Å². The Morgan fingerprint density at radius 3 is 2.16 bits per heavy atom. The van der Waals surface area contributed by atoms with Crippen molar-refractivity contribution in [3.05, 3.63) is 37.0 Å². The lowest BCUT2D eigenvalue weighted by Crippen LogP contribution is -2.23. The van der Waals surface area contributed by atoms with Crippen LogP contribution in [0.3, 0.4) is 0 Å². The molecular weight excluding hydrogens is 272 g/mol. The molecule has 104 valence electrons. The number of hydrogen-bond donors (Lipinski definition) is 1. The van der Waals surface area contributed by atoms with Crippen molar-refractivity contribution in [2.45, 2.75) is 53.6 Å². The van der Waals surface area contributed by atoms with E-state index in [0.717, 1.165) is 5.01 Å². The molecule has 0 aliphatic heterocycles. The van der Waals surface area contributed by atoms with Gasteiger partial charge in [0, 0.05) is 26.7 Å². The first-order valence-corrected chi connectivity index (χ1v) is 8.28. The number of nitrogens with zero attached hydrogens (tertiary/aromatic N) is 1. The van der Waals surface area contributed by atoms with Crippen molar-refractivity contribution in [2.24, 2.45) is 0 Å². The fourth-order valence-corrected chi connectivity index (χ4v) is 4.51. The normalized spacial score (nSPS) is 14.6. The van der Waals surface area contributed by atoms with Crippen LogP contribution in [0.15, 0.2) is 6.07 Å². The van der Waals surface area contributed by atoms with Crippen molar-refractivity contribution in [3.8, 4) is 0 Å². The Bertz CT molecular complexity index is 518. The van der Waals surface area contributed by atoms with Gasteiger partial charge in [-0.2, -0.15) is 0 Å². The summed E-state index contributed by atoms with van der Waals surface area (Å²) in [7, 11) is 0. The number of rotatable bonds is 4. The van der Waals surface area contributed by atoms with Crippen molar-refractivity contribution < 1.29 is 0 Å². The molecule has 0 aromatic carbocycles. The molecule has 0 saturated carbocycles. The van der Waals surface area contributed by atoms with Gasteiger partial charge in [-0.3, -0.25) is 0 Å². The Balaban J connectivity index is 2.12. The quantitative estimate of drug-likeness (QED) is 0.872. The average Bonchev–Trinajstić information content (AvgIpc) is 2.81. The molecule has 2 heterocycles. The van der Waals surface area contributed by atoms with Gasteiger partial charge in [-0.1, -0.05) is 0 Å². The third-order valence-corrected chi connectivity index (χ3v) is 5.28. The van der Waals surface area contributed by atoms with E-state index in [-0.39, 0.29) is 0 Å². The summed E-state index contributed by atoms with van der Waals surface area (Å²) in [6, 6.07) is 2.95. The maximum absolute atomic E-state index is 4.64. The Morgan fingerprint density at radius 1 is 1.00 bits per heavy atom. The first-order chi connectivity index (χ1) is 8.88. The van der Waals surface area contributed by atoms with Crippen LogP contribution >= 0.6 is 22.7 Å². The summed E-state index contributed by atoms with van der Waals surface area (Å²) in [5.41, 5.74) is 2.61. The number of nitrogens with one attached hydrogen (secondary N) is 1. The molecule has 2 aromatic heterocycles. The van der Waals surface area contributed by atoms with Crippen molar-refractivity contribution >= 4 is 22.7 Å². The lowest BCUT2D eigenvalue weighted by molar-refractivity contribution is 0.485. The summed E-state index contributed by atoms with van der Waals surface area (Å²) < 4.78 is 0. The Kier molecular flexibility index (Phi) is 4.43. The van der Waals surface area contributed by atoms with Gasteiger partial charge >= 0.3 is 0 Å². The highest BCUT2D eigenvalue weighted by Crippen LogP contribution is 2.29. The molecule has 0 aliphatic carbocycles. The Morgan fingerprint density at radius 2 is 1.68 bits per heavy atom. The number of aryl methyl sites for hydroxylation is 4. The van der Waals surface area contributed by atoms with E-state index in [1.807, 2.05) is 11.3 Å². The van der Waals surface area contributed by atoms with E-state index >= 15 is 0 Å². The van der Waals surface area contributed by atoms with E-state index < -0.39 is 0 Å². The van der Waals surface area contributed by atoms with Crippen molar-refractivity contribution in [3.63, 3.8) is 0 Å². The maximum atomic E-state index is 4.64. The molecule has 2 aromatic rings. The molecule has 0 aliphatic rings. The van der Waals surface area contributed by atoms with Crippen LogP contribution in [0, 0.1) is 27.7 Å². The number of thiazole rings is 1. The fraction of sp³-hybridized carbons (Fsp3) is 0.533. The molecule has 2 nitrogen and oxygen atoms in total. The second-order valence-electron chi connectivity index (χ2n) is 5.15. The number of thiophene rings is 1. The molecule has 0 saturated heterocycles. The highest BCUT2D eigenvalue weighted by molar-refractivity contribution is 7.12. The van der Waals surface area contributed by atoms with Crippen LogP contribution in [0.2, 0.25) is 0 Å². The van der Waals surface area contributed by atoms with Crippen LogP contribution in [0.5, 0.6) is 0 Å². The van der Waals surface area contributed by atoms with Crippen LogP contribution in [-0.4, -0.2) is 4.98 Å². The van der Waals surface area contributed by atoms with E-state index in [1.165, 1.54) is 25.9 Å². The first-order valence-electron chi connectivity index (χ1n) is 6.65. The molecule has 0 amide bonds. The van der Waals surface area contributed by atoms with Crippen LogP contribution in [0.25, 0.3) is 0 Å². The molecule has 2 unspecified atom stereocenters. The molecule has 0 radical (unpaired) electrons. The molecular formula is C15H22N2S2. The van der Waals surface area contributed by atoms with E-state index in [1.54, 1.807) is 11.3 Å². The van der Waals surface area contributed by atoms with Gasteiger partial charge in [-0.25, -0.2) is 4.98 Å². The van der Waals surface area contributed by atoms with Crippen molar-refractivity contribution in [1.29, 1.82) is 0 Å².